The van der Waals surface area contributed by atoms with Crippen molar-refractivity contribution in [1.82, 2.24) is 5.32 Å². The smallest absolute Gasteiger partial charge is 0.0899 e. The second-order valence-electron chi connectivity index (χ2n) is 3.84. The lowest BCUT2D eigenvalue weighted by molar-refractivity contribution is 0.540. The molecule has 15 heavy (non-hydrogen) atoms. The minimum atomic E-state index is 0.205. The predicted octanol–water partition coefficient (Wildman–Crippen LogP) is 2.78. The Morgan fingerprint density at radius 1 is 1.47 bits per heavy atom. The molecule has 0 heterocycles. The van der Waals surface area contributed by atoms with Gasteiger partial charge in [0.15, 0.2) is 0 Å². The van der Waals surface area contributed by atoms with Crippen LogP contribution in [0.5, 0.6) is 0 Å². The van der Waals surface area contributed by atoms with Crippen molar-refractivity contribution in [2.24, 2.45) is 5.73 Å². The summed E-state index contributed by atoms with van der Waals surface area (Å²) in [6.45, 7) is 6.93. The van der Waals surface area contributed by atoms with Crippen LogP contribution < -0.4 is 11.1 Å². The first kappa shape index (κ1) is 14.6. The average molecular weight is 228 g/mol. The van der Waals surface area contributed by atoms with Gasteiger partial charge in [0.2, 0.25) is 0 Å². The van der Waals surface area contributed by atoms with E-state index < -0.39 is 0 Å². The van der Waals surface area contributed by atoms with Crippen LogP contribution >= 0.6 is 12.2 Å². The summed E-state index contributed by atoms with van der Waals surface area (Å²) in [6.07, 6.45) is 8.82. The van der Waals surface area contributed by atoms with Gasteiger partial charge in [0.1, 0.15) is 0 Å². The molecule has 0 fully saturated rings. The number of nitrogens with one attached hydrogen (secondary N) is 1. The molecule has 0 aliphatic rings. The van der Waals surface area contributed by atoms with Crippen LogP contribution in [0, 0.1) is 0 Å². The zero-order valence-corrected chi connectivity index (χ0v) is 10.6. The quantitative estimate of drug-likeness (QED) is 0.343. The summed E-state index contributed by atoms with van der Waals surface area (Å²) in [5, 5.41) is 3.41. The Balaban J connectivity index is 3.63. The third-order valence-electron chi connectivity index (χ3n) is 2.42. The maximum Gasteiger partial charge on any atom is 0.0899 e. The zero-order chi connectivity index (χ0) is 11.5. The number of allylic oxidation sites excluding steroid dienone is 1. The van der Waals surface area contributed by atoms with Gasteiger partial charge in [-0.05, 0) is 32.2 Å². The lowest BCUT2D eigenvalue weighted by Gasteiger charge is -2.16. The summed E-state index contributed by atoms with van der Waals surface area (Å²) in [5.41, 5.74) is 5.68. The van der Waals surface area contributed by atoms with Crippen LogP contribution in [0.1, 0.15) is 45.4 Å². The Labute approximate surface area is 99.3 Å². The molecule has 0 aromatic rings. The highest BCUT2D eigenvalue weighted by Gasteiger charge is 2.09. The second kappa shape index (κ2) is 10.1. The van der Waals surface area contributed by atoms with Gasteiger partial charge in [-0.1, -0.05) is 38.1 Å². The molecule has 1 atom stereocenters. The molecule has 0 amide bonds. The molecule has 1 unspecified atom stereocenters. The molecule has 3 heteroatoms. The van der Waals surface area contributed by atoms with Crippen molar-refractivity contribution in [2.45, 2.75) is 51.5 Å². The lowest BCUT2D eigenvalue weighted by Crippen LogP contribution is -2.40. The molecule has 0 aromatic carbocycles. The highest BCUT2D eigenvalue weighted by atomic mass is 32.1. The minimum absolute atomic E-state index is 0.205. The van der Waals surface area contributed by atoms with E-state index in [1.165, 1.54) is 19.3 Å². The van der Waals surface area contributed by atoms with Crippen molar-refractivity contribution in [3.63, 3.8) is 0 Å². The van der Waals surface area contributed by atoms with E-state index in [1.54, 1.807) is 0 Å². The van der Waals surface area contributed by atoms with Crippen molar-refractivity contribution in [1.29, 1.82) is 0 Å². The van der Waals surface area contributed by atoms with Gasteiger partial charge in [0, 0.05) is 0 Å². The molecular weight excluding hydrogens is 204 g/mol. The first-order valence-corrected chi connectivity index (χ1v) is 6.26. The minimum Gasteiger partial charge on any atom is -0.392 e. The van der Waals surface area contributed by atoms with Crippen LogP contribution in [0.2, 0.25) is 0 Å². The molecule has 0 aromatic heterocycles. The number of nitrogens with two attached hydrogens (primary N) is 1. The van der Waals surface area contributed by atoms with Crippen LogP contribution in [-0.4, -0.2) is 17.6 Å². The molecule has 0 rings (SSSR count). The van der Waals surface area contributed by atoms with Crippen molar-refractivity contribution in [3.05, 3.63) is 12.7 Å². The fraction of sp³-hybridized carbons (Fsp3) is 0.750. The Morgan fingerprint density at radius 2 is 2.20 bits per heavy atom. The van der Waals surface area contributed by atoms with Gasteiger partial charge in [-0.25, -0.2) is 0 Å². The van der Waals surface area contributed by atoms with E-state index in [9.17, 15) is 0 Å². The van der Waals surface area contributed by atoms with Crippen LogP contribution in [0.3, 0.4) is 0 Å². The van der Waals surface area contributed by atoms with E-state index in [4.69, 9.17) is 18.0 Å². The van der Waals surface area contributed by atoms with E-state index in [0.29, 0.717) is 4.99 Å². The molecule has 0 saturated carbocycles. The van der Waals surface area contributed by atoms with Crippen LogP contribution in [-0.2, 0) is 0 Å². The molecule has 0 saturated heterocycles. The number of hydrogen-bond donors (Lipinski definition) is 2. The number of thiocarbonyl (C=S) groups is 1. The van der Waals surface area contributed by atoms with Crippen LogP contribution in [0.25, 0.3) is 0 Å². The van der Waals surface area contributed by atoms with Crippen LogP contribution in [0.15, 0.2) is 12.7 Å². The third kappa shape index (κ3) is 8.58. The van der Waals surface area contributed by atoms with Gasteiger partial charge < -0.3 is 11.1 Å². The molecule has 2 nitrogen and oxygen atoms in total. The first-order valence-electron chi connectivity index (χ1n) is 5.86. The van der Waals surface area contributed by atoms with Gasteiger partial charge in [0.05, 0.1) is 11.0 Å². The monoisotopic (exact) mass is 228 g/mol. The summed E-state index contributed by atoms with van der Waals surface area (Å²) >= 11 is 5.03. The van der Waals surface area contributed by atoms with E-state index in [0.717, 1.165) is 25.8 Å². The topological polar surface area (TPSA) is 38.0 Å². The number of unbranched alkanes of at least 4 members (excludes halogenated alkanes) is 3. The predicted molar refractivity (Wildman–Crippen MR) is 72.1 cm³/mol. The summed E-state index contributed by atoms with van der Waals surface area (Å²) in [7, 11) is 0. The van der Waals surface area contributed by atoms with Gasteiger partial charge in [-0.3, -0.25) is 0 Å². The maximum absolute atomic E-state index is 5.68. The molecular formula is C12H24N2S. The Bertz CT molecular complexity index is 180. The SMILES string of the molecule is C=CCCCC(NCCCCC)C(N)=S. The van der Waals surface area contributed by atoms with Crippen molar-refractivity contribution in [3.8, 4) is 0 Å². The highest BCUT2D eigenvalue weighted by Crippen LogP contribution is 2.02. The Morgan fingerprint density at radius 3 is 2.73 bits per heavy atom. The summed E-state index contributed by atoms with van der Waals surface area (Å²) in [6, 6.07) is 0.205. The summed E-state index contributed by atoms with van der Waals surface area (Å²) in [5.74, 6) is 0. The maximum atomic E-state index is 5.68. The first-order chi connectivity index (χ1) is 7.22. The van der Waals surface area contributed by atoms with E-state index in [-0.39, 0.29) is 6.04 Å². The van der Waals surface area contributed by atoms with E-state index >= 15 is 0 Å². The fourth-order valence-corrected chi connectivity index (χ4v) is 1.66. The van der Waals surface area contributed by atoms with Crippen LogP contribution in [0.4, 0.5) is 0 Å². The molecule has 88 valence electrons. The van der Waals surface area contributed by atoms with Gasteiger partial charge in [-0.15, -0.1) is 6.58 Å². The number of hydrogen-bond acceptors (Lipinski definition) is 2. The third-order valence-corrected chi connectivity index (χ3v) is 2.70. The average Bonchev–Trinajstić information content (AvgIpc) is 2.21. The zero-order valence-electron chi connectivity index (χ0n) is 9.80. The molecule has 0 radical (unpaired) electrons. The van der Waals surface area contributed by atoms with Gasteiger partial charge in [-0.2, -0.15) is 0 Å². The van der Waals surface area contributed by atoms with E-state index in [2.05, 4.69) is 18.8 Å². The van der Waals surface area contributed by atoms with Crippen molar-refractivity contribution < 1.29 is 0 Å². The molecule has 0 aliphatic heterocycles. The fourth-order valence-electron chi connectivity index (χ4n) is 1.46. The Kier molecular flexibility index (Phi) is 9.84. The largest absolute Gasteiger partial charge is 0.392 e. The normalized spacial score (nSPS) is 12.3. The standard InChI is InChI=1S/C12H24N2S/c1-3-5-7-9-11(12(13)15)14-10-8-6-4-2/h3,11,14H,1,4-10H2,2H3,(H2,13,15). The second-order valence-corrected chi connectivity index (χ2v) is 4.31. The van der Waals surface area contributed by atoms with Gasteiger partial charge in [0.25, 0.3) is 0 Å². The van der Waals surface area contributed by atoms with Crippen molar-refractivity contribution in [2.75, 3.05) is 6.54 Å². The molecule has 0 bridgehead atoms. The number of rotatable bonds is 10. The summed E-state index contributed by atoms with van der Waals surface area (Å²) < 4.78 is 0. The van der Waals surface area contributed by atoms with Crippen molar-refractivity contribution >= 4 is 17.2 Å². The molecule has 0 spiro atoms. The molecule has 0 aliphatic carbocycles. The van der Waals surface area contributed by atoms with E-state index in [1.807, 2.05) is 6.08 Å². The van der Waals surface area contributed by atoms with Gasteiger partial charge >= 0.3 is 0 Å². The molecule has 3 N–H and O–H groups in total. The highest BCUT2D eigenvalue weighted by molar-refractivity contribution is 7.80. The Hall–Kier alpha value is -0.410. The lowest BCUT2D eigenvalue weighted by atomic mass is 10.1. The summed E-state index contributed by atoms with van der Waals surface area (Å²) in [4.78, 5) is 0.593.